The fourth-order valence-corrected chi connectivity index (χ4v) is 1.52. The van der Waals surface area contributed by atoms with Gasteiger partial charge in [-0.15, -0.1) is 0 Å². The average Bonchev–Trinajstić information content (AvgIpc) is 2.73. The molecule has 0 bridgehead atoms. The number of hydrogen-bond donors (Lipinski definition) is 1. The van der Waals surface area contributed by atoms with E-state index in [9.17, 15) is 0 Å². The fraction of sp³-hybridized carbons (Fsp3) is 0.167. The zero-order chi connectivity index (χ0) is 10.7. The molecule has 0 aliphatic rings. The normalized spacial score (nSPS) is 11.3. The molecule has 0 saturated carbocycles. The topological polar surface area (TPSA) is 48.4 Å². The van der Waals surface area contributed by atoms with Gasteiger partial charge in [-0.25, -0.2) is 0 Å². The van der Waals surface area contributed by atoms with E-state index < -0.39 is 0 Å². The van der Waals surface area contributed by atoms with Crippen LogP contribution in [0.4, 0.5) is 0 Å². The summed E-state index contributed by atoms with van der Waals surface area (Å²) in [6, 6.07) is 5.88. The van der Waals surface area contributed by atoms with Crippen molar-refractivity contribution in [3.63, 3.8) is 0 Å². The summed E-state index contributed by atoms with van der Waals surface area (Å²) in [4.78, 5) is 0. The molecule has 0 amide bonds. The van der Waals surface area contributed by atoms with Crippen molar-refractivity contribution in [3.8, 4) is 5.75 Å². The number of rotatable bonds is 3. The maximum atomic E-state index is 5.40. The highest BCUT2D eigenvalue weighted by molar-refractivity contribution is 5.85. The van der Waals surface area contributed by atoms with Crippen molar-refractivity contribution in [3.05, 3.63) is 36.1 Å². The zero-order valence-electron chi connectivity index (χ0n) is 8.57. The minimum absolute atomic E-state index is 0.533. The van der Waals surface area contributed by atoms with E-state index in [2.05, 4.69) is 0 Å². The predicted molar refractivity (Wildman–Crippen MR) is 60.9 cm³/mol. The molecule has 0 aliphatic carbocycles. The highest BCUT2D eigenvalue weighted by Crippen LogP contribution is 2.28. The van der Waals surface area contributed by atoms with Gasteiger partial charge in [0, 0.05) is 11.9 Å². The summed E-state index contributed by atoms with van der Waals surface area (Å²) in [7, 11) is 1.63. The van der Waals surface area contributed by atoms with Crippen molar-refractivity contribution in [2.75, 3.05) is 13.7 Å². The van der Waals surface area contributed by atoms with E-state index in [1.54, 1.807) is 13.4 Å². The first kappa shape index (κ1) is 9.80. The van der Waals surface area contributed by atoms with Crippen molar-refractivity contribution < 1.29 is 9.15 Å². The van der Waals surface area contributed by atoms with Crippen LogP contribution >= 0.6 is 0 Å². The lowest BCUT2D eigenvalue weighted by Crippen LogP contribution is -1.92. The van der Waals surface area contributed by atoms with Crippen LogP contribution in [0.5, 0.6) is 5.75 Å². The molecule has 0 atom stereocenters. The van der Waals surface area contributed by atoms with Crippen LogP contribution in [0.1, 0.15) is 5.56 Å². The Labute approximate surface area is 88.1 Å². The second-order valence-corrected chi connectivity index (χ2v) is 3.20. The Morgan fingerprint density at radius 3 is 3.07 bits per heavy atom. The smallest absolute Gasteiger partial charge is 0.175 e. The standard InChI is InChI=1S/C12H13NO2/c1-14-11-8-9(3-2-5-13)7-10-4-6-15-12(10)11/h2-4,6-8H,5,13H2,1H3/b3-2+. The van der Waals surface area contributed by atoms with Gasteiger partial charge < -0.3 is 14.9 Å². The van der Waals surface area contributed by atoms with E-state index in [0.29, 0.717) is 6.54 Å². The lowest BCUT2D eigenvalue weighted by atomic mass is 10.1. The number of fused-ring (bicyclic) bond motifs is 1. The Kier molecular flexibility index (Phi) is 2.74. The van der Waals surface area contributed by atoms with Crippen molar-refractivity contribution in [1.29, 1.82) is 0 Å². The number of hydrogen-bond acceptors (Lipinski definition) is 3. The lowest BCUT2D eigenvalue weighted by Gasteiger charge is -2.02. The SMILES string of the molecule is COc1cc(/C=C/CN)cc2ccoc12. The highest BCUT2D eigenvalue weighted by atomic mass is 16.5. The lowest BCUT2D eigenvalue weighted by molar-refractivity contribution is 0.410. The molecule has 2 N–H and O–H groups in total. The Morgan fingerprint density at radius 2 is 2.33 bits per heavy atom. The van der Waals surface area contributed by atoms with E-state index >= 15 is 0 Å². The zero-order valence-corrected chi connectivity index (χ0v) is 8.57. The molecule has 2 rings (SSSR count). The van der Waals surface area contributed by atoms with Gasteiger partial charge in [-0.2, -0.15) is 0 Å². The van der Waals surface area contributed by atoms with Crippen LogP contribution in [0.3, 0.4) is 0 Å². The molecule has 78 valence electrons. The van der Waals surface area contributed by atoms with Gasteiger partial charge in [0.05, 0.1) is 13.4 Å². The fourth-order valence-electron chi connectivity index (χ4n) is 1.52. The molecule has 0 radical (unpaired) electrons. The Hall–Kier alpha value is -1.74. The third-order valence-corrected chi connectivity index (χ3v) is 2.21. The first-order valence-corrected chi connectivity index (χ1v) is 4.77. The van der Waals surface area contributed by atoms with Crippen LogP contribution in [0.25, 0.3) is 17.0 Å². The average molecular weight is 203 g/mol. The Morgan fingerprint density at radius 1 is 1.47 bits per heavy atom. The van der Waals surface area contributed by atoms with Gasteiger partial charge in [0.25, 0.3) is 0 Å². The van der Waals surface area contributed by atoms with Crippen molar-refractivity contribution in [2.24, 2.45) is 5.73 Å². The monoisotopic (exact) mass is 203 g/mol. The molecule has 1 heterocycles. The molecule has 3 nitrogen and oxygen atoms in total. The number of ether oxygens (including phenoxy) is 1. The molecule has 0 fully saturated rings. The van der Waals surface area contributed by atoms with Crippen LogP contribution in [0, 0.1) is 0 Å². The maximum Gasteiger partial charge on any atom is 0.175 e. The van der Waals surface area contributed by atoms with Crippen LogP contribution in [0.15, 0.2) is 35.0 Å². The van der Waals surface area contributed by atoms with Gasteiger partial charge in [0.2, 0.25) is 0 Å². The van der Waals surface area contributed by atoms with Crippen molar-refractivity contribution in [1.82, 2.24) is 0 Å². The number of methoxy groups -OCH3 is 1. The van der Waals surface area contributed by atoms with E-state index in [1.807, 2.05) is 30.4 Å². The molecule has 15 heavy (non-hydrogen) atoms. The quantitative estimate of drug-likeness (QED) is 0.833. The summed E-state index contributed by atoms with van der Waals surface area (Å²) in [6.45, 7) is 0.533. The van der Waals surface area contributed by atoms with Crippen molar-refractivity contribution >= 4 is 17.0 Å². The first-order chi connectivity index (χ1) is 7.35. The highest BCUT2D eigenvalue weighted by Gasteiger charge is 2.05. The van der Waals surface area contributed by atoms with Gasteiger partial charge in [-0.1, -0.05) is 12.2 Å². The second kappa shape index (κ2) is 4.19. The van der Waals surface area contributed by atoms with Crippen LogP contribution in [-0.4, -0.2) is 13.7 Å². The number of benzene rings is 1. The van der Waals surface area contributed by atoms with Crippen LogP contribution in [-0.2, 0) is 0 Å². The summed E-state index contributed by atoms with van der Waals surface area (Å²) in [5, 5.41) is 1.03. The van der Waals surface area contributed by atoms with Gasteiger partial charge in [-0.3, -0.25) is 0 Å². The summed E-state index contributed by atoms with van der Waals surface area (Å²) in [5.74, 6) is 0.745. The maximum absolute atomic E-state index is 5.40. The third kappa shape index (κ3) is 1.87. The minimum Gasteiger partial charge on any atom is -0.493 e. The molecule has 2 aromatic rings. The van der Waals surface area contributed by atoms with Crippen molar-refractivity contribution in [2.45, 2.75) is 0 Å². The van der Waals surface area contributed by atoms with E-state index in [0.717, 1.165) is 22.3 Å². The van der Waals surface area contributed by atoms with Crippen LogP contribution in [0.2, 0.25) is 0 Å². The summed E-state index contributed by atoms with van der Waals surface area (Å²) < 4.78 is 10.6. The molecule has 3 heteroatoms. The predicted octanol–water partition coefficient (Wildman–Crippen LogP) is 2.41. The van der Waals surface area contributed by atoms with Gasteiger partial charge >= 0.3 is 0 Å². The molecule has 0 unspecified atom stereocenters. The number of nitrogens with two attached hydrogens (primary N) is 1. The molecular weight excluding hydrogens is 190 g/mol. The summed E-state index contributed by atoms with van der Waals surface area (Å²) in [5.41, 5.74) is 7.24. The molecule has 0 aliphatic heterocycles. The van der Waals surface area contributed by atoms with Crippen LogP contribution < -0.4 is 10.5 Å². The molecule has 1 aromatic carbocycles. The van der Waals surface area contributed by atoms with E-state index in [1.165, 1.54) is 0 Å². The Balaban J connectivity index is 2.53. The summed E-state index contributed by atoms with van der Waals surface area (Å²) in [6.07, 6.45) is 5.53. The third-order valence-electron chi connectivity index (χ3n) is 2.21. The summed E-state index contributed by atoms with van der Waals surface area (Å²) >= 11 is 0. The number of furan rings is 1. The Bertz CT molecular complexity index is 485. The molecular formula is C12H13NO2. The molecule has 0 spiro atoms. The molecule has 1 aromatic heterocycles. The first-order valence-electron chi connectivity index (χ1n) is 4.77. The largest absolute Gasteiger partial charge is 0.493 e. The minimum atomic E-state index is 0.533. The van der Waals surface area contributed by atoms with Gasteiger partial charge in [0.15, 0.2) is 11.3 Å². The van der Waals surface area contributed by atoms with Gasteiger partial charge in [-0.05, 0) is 23.8 Å². The van der Waals surface area contributed by atoms with E-state index in [-0.39, 0.29) is 0 Å². The van der Waals surface area contributed by atoms with E-state index in [4.69, 9.17) is 14.9 Å². The molecule has 0 saturated heterocycles. The second-order valence-electron chi connectivity index (χ2n) is 3.20. The van der Waals surface area contributed by atoms with Gasteiger partial charge in [0.1, 0.15) is 0 Å².